The average Bonchev–Trinajstić information content (AvgIpc) is 3.37. The van der Waals surface area contributed by atoms with Gasteiger partial charge in [0.2, 0.25) is 11.7 Å². The van der Waals surface area contributed by atoms with Gasteiger partial charge in [-0.05, 0) is 34.2 Å². The number of esters is 1. The van der Waals surface area contributed by atoms with Crippen molar-refractivity contribution in [2.45, 2.75) is 60.0 Å². The molecule has 3 rings (SSSR count). The first-order valence-corrected chi connectivity index (χ1v) is 11.3. The number of hydrogen-bond acceptors (Lipinski definition) is 6. The highest BCUT2D eigenvalue weighted by molar-refractivity contribution is 5.85. The third kappa shape index (κ3) is 6.27. The molecule has 1 atom stereocenters. The summed E-state index contributed by atoms with van der Waals surface area (Å²) in [5, 5.41) is 14.3. The van der Waals surface area contributed by atoms with Crippen LogP contribution >= 0.6 is 0 Å². The Morgan fingerprint density at radius 3 is 2.29 bits per heavy atom. The highest BCUT2D eigenvalue weighted by Crippen LogP contribution is 2.30. The number of nitrogens with zero attached hydrogens (tertiary/aromatic N) is 4. The van der Waals surface area contributed by atoms with Gasteiger partial charge in [0.05, 0.1) is 7.11 Å². The molecule has 0 radical (unpaired) electrons. The molecule has 0 aliphatic rings. The van der Waals surface area contributed by atoms with E-state index in [4.69, 9.17) is 4.74 Å². The third-order valence-electron chi connectivity index (χ3n) is 5.61. The van der Waals surface area contributed by atoms with Crippen LogP contribution in [-0.2, 0) is 20.9 Å². The van der Waals surface area contributed by atoms with Gasteiger partial charge in [0.25, 0.3) is 0 Å². The number of tetrazole rings is 1. The van der Waals surface area contributed by atoms with E-state index in [9.17, 15) is 9.59 Å². The fourth-order valence-corrected chi connectivity index (χ4v) is 3.89. The van der Waals surface area contributed by atoms with E-state index in [-0.39, 0.29) is 25.2 Å². The third-order valence-corrected chi connectivity index (χ3v) is 5.61. The second kappa shape index (κ2) is 12.6. The zero-order valence-electron chi connectivity index (χ0n) is 19.6. The number of carbonyl (C=O) groups excluding carboxylic acids is 2. The minimum absolute atomic E-state index is 0. The van der Waals surface area contributed by atoms with Crippen molar-refractivity contribution in [1.82, 2.24) is 25.5 Å². The lowest BCUT2D eigenvalue weighted by molar-refractivity contribution is -0.155. The van der Waals surface area contributed by atoms with Gasteiger partial charge in [-0.15, -0.1) is 10.2 Å². The molecule has 1 heterocycles. The quantitative estimate of drug-likeness (QED) is 0.428. The summed E-state index contributed by atoms with van der Waals surface area (Å²) in [7, 11) is 1.36. The SMILES string of the molecule is C.CCCCC(=O)N(Cc1ccc(-c2ccccc2-c2nn[nH]n2)cc1)[C@H](C(=O)OC)C(C)C. The van der Waals surface area contributed by atoms with E-state index < -0.39 is 6.04 Å². The summed E-state index contributed by atoms with van der Waals surface area (Å²) in [5.41, 5.74) is 3.79. The molecular formula is C26H35N5O3. The molecule has 1 amide bonds. The monoisotopic (exact) mass is 465 g/mol. The standard InChI is InChI=1S/C25H31N5O3.CH4/c1-5-6-11-22(31)30(23(17(2)3)25(32)33-4)16-18-12-14-19(15-13-18)20-9-7-8-10-21(20)24-26-28-29-27-24;/h7-10,12-15,17,23H,5-6,11,16H2,1-4H3,(H,26,27,28,29);1H4/t23-;/m0./s1. The molecule has 0 spiro atoms. The lowest BCUT2D eigenvalue weighted by Gasteiger charge is -2.32. The Bertz CT molecular complexity index is 1050. The van der Waals surface area contributed by atoms with Crippen LogP contribution in [-0.4, -0.2) is 50.6 Å². The molecule has 0 aliphatic carbocycles. The Labute approximate surface area is 201 Å². The lowest BCUT2D eigenvalue weighted by atomic mass is 9.97. The summed E-state index contributed by atoms with van der Waals surface area (Å²) < 4.78 is 5.02. The van der Waals surface area contributed by atoms with Crippen LogP contribution in [0.4, 0.5) is 0 Å². The molecule has 1 N–H and O–H groups in total. The molecule has 34 heavy (non-hydrogen) atoms. The molecule has 182 valence electrons. The van der Waals surface area contributed by atoms with Crippen molar-refractivity contribution in [3.8, 4) is 22.5 Å². The molecule has 0 bridgehead atoms. The van der Waals surface area contributed by atoms with Crippen LogP contribution in [0.25, 0.3) is 22.5 Å². The number of carbonyl (C=O) groups is 2. The Morgan fingerprint density at radius 1 is 1.06 bits per heavy atom. The first-order valence-electron chi connectivity index (χ1n) is 11.3. The van der Waals surface area contributed by atoms with Crippen molar-refractivity contribution in [3.63, 3.8) is 0 Å². The number of rotatable bonds is 10. The lowest BCUT2D eigenvalue weighted by Crippen LogP contribution is -2.48. The maximum Gasteiger partial charge on any atom is 0.328 e. The summed E-state index contributed by atoms with van der Waals surface area (Å²) in [6.45, 7) is 6.25. The zero-order valence-corrected chi connectivity index (χ0v) is 19.6. The summed E-state index contributed by atoms with van der Waals surface area (Å²) >= 11 is 0. The van der Waals surface area contributed by atoms with Gasteiger partial charge in [0, 0.05) is 18.5 Å². The molecule has 2 aromatic carbocycles. The van der Waals surface area contributed by atoms with E-state index in [2.05, 4.69) is 20.6 Å². The van der Waals surface area contributed by atoms with Gasteiger partial charge in [-0.3, -0.25) is 4.79 Å². The molecular weight excluding hydrogens is 430 g/mol. The van der Waals surface area contributed by atoms with Gasteiger partial charge in [-0.25, -0.2) is 4.79 Å². The van der Waals surface area contributed by atoms with Gasteiger partial charge in [0.15, 0.2) is 0 Å². The molecule has 8 nitrogen and oxygen atoms in total. The Hall–Kier alpha value is -3.55. The Balaban J connectivity index is 0.00000408. The number of amides is 1. The molecule has 0 saturated carbocycles. The minimum atomic E-state index is -0.627. The van der Waals surface area contributed by atoms with Crippen LogP contribution < -0.4 is 0 Å². The van der Waals surface area contributed by atoms with E-state index in [0.717, 1.165) is 35.1 Å². The molecule has 8 heteroatoms. The molecule has 1 aromatic heterocycles. The number of methoxy groups -OCH3 is 1. The number of H-pyrrole nitrogens is 1. The van der Waals surface area contributed by atoms with Crippen LogP contribution in [0.1, 0.15) is 53.0 Å². The van der Waals surface area contributed by atoms with Crippen molar-refractivity contribution in [2.24, 2.45) is 5.92 Å². The predicted octanol–water partition coefficient (Wildman–Crippen LogP) is 4.89. The van der Waals surface area contributed by atoms with Crippen LogP contribution in [0, 0.1) is 5.92 Å². The van der Waals surface area contributed by atoms with E-state index in [1.807, 2.05) is 69.3 Å². The first kappa shape index (κ1) is 26.7. The topological polar surface area (TPSA) is 101 Å². The van der Waals surface area contributed by atoms with Crippen LogP contribution in [0.15, 0.2) is 48.5 Å². The van der Waals surface area contributed by atoms with Gasteiger partial charge in [0.1, 0.15) is 6.04 Å². The Morgan fingerprint density at radius 2 is 1.74 bits per heavy atom. The number of aromatic nitrogens is 4. The zero-order chi connectivity index (χ0) is 23.8. The summed E-state index contributed by atoms with van der Waals surface area (Å²) in [4.78, 5) is 27.2. The largest absolute Gasteiger partial charge is 0.467 e. The maximum atomic E-state index is 13.0. The maximum absolute atomic E-state index is 13.0. The second-order valence-corrected chi connectivity index (χ2v) is 8.32. The Kier molecular flexibility index (Phi) is 9.92. The summed E-state index contributed by atoms with van der Waals surface area (Å²) in [6.07, 6.45) is 2.11. The molecule has 0 saturated heterocycles. The van der Waals surface area contributed by atoms with Crippen molar-refractivity contribution >= 4 is 11.9 Å². The molecule has 0 unspecified atom stereocenters. The van der Waals surface area contributed by atoms with E-state index in [1.54, 1.807) is 4.90 Å². The highest BCUT2D eigenvalue weighted by Gasteiger charge is 2.33. The minimum Gasteiger partial charge on any atom is -0.467 e. The van der Waals surface area contributed by atoms with Crippen molar-refractivity contribution in [3.05, 3.63) is 54.1 Å². The van der Waals surface area contributed by atoms with Gasteiger partial charge in [-0.2, -0.15) is 5.21 Å². The van der Waals surface area contributed by atoms with Gasteiger partial charge in [-0.1, -0.05) is 83.1 Å². The fraction of sp³-hybridized carbons (Fsp3) is 0.423. The van der Waals surface area contributed by atoms with Gasteiger partial charge < -0.3 is 9.64 Å². The fourth-order valence-electron chi connectivity index (χ4n) is 3.89. The number of ether oxygens (including phenoxy) is 1. The van der Waals surface area contributed by atoms with Crippen molar-refractivity contribution in [1.29, 1.82) is 0 Å². The number of unbranched alkanes of at least 4 members (excludes halogenated alkanes) is 1. The van der Waals surface area contributed by atoms with E-state index in [0.29, 0.717) is 18.8 Å². The molecule has 3 aromatic rings. The van der Waals surface area contributed by atoms with Crippen molar-refractivity contribution < 1.29 is 14.3 Å². The number of nitrogens with one attached hydrogen (secondary N) is 1. The predicted molar refractivity (Wildman–Crippen MR) is 132 cm³/mol. The second-order valence-electron chi connectivity index (χ2n) is 8.32. The number of hydrogen-bond donors (Lipinski definition) is 1. The van der Waals surface area contributed by atoms with Crippen molar-refractivity contribution in [2.75, 3.05) is 7.11 Å². The van der Waals surface area contributed by atoms with E-state index in [1.165, 1.54) is 7.11 Å². The average molecular weight is 466 g/mol. The first-order chi connectivity index (χ1) is 16.0. The highest BCUT2D eigenvalue weighted by atomic mass is 16.5. The number of benzene rings is 2. The molecule has 0 fully saturated rings. The van der Waals surface area contributed by atoms with Gasteiger partial charge >= 0.3 is 5.97 Å². The molecule has 0 aliphatic heterocycles. The summed E-state index contributed by atoms with van der Waals surface area (Å²) in [5.74, 6) is 0.0392. The summed E-state index contributed by atoms with van der Waals surface area (Å²) in [6, 6.07) is 15.2. The van der Waals surface area contributed by atoms with Crippen LogP contribution in [0.3, 0.4) is 0 Å². The van der Waals surface area contributed by atoms with Crippen LogP contribution in [0.2, 0.25) is 0 Å². The smallest absolute Gasteiger partial charge is 0.328 e. The van der Waals surface area contributed by atoms with E-state index >= 15 is 0 Å². The van der Waals surface area contributed by atoms with Crippen LogP contribution in [0.5, 0.6) is 0 Å². The number of aromatic amines is 1. The normalized spacial score (nSPS) is 11.6.